The molecule has 0 spiro atoms. The molecular formula is C27H36F3N5O3. The number of hydrogen-bond donors (Lipinski definition) is 1. The average molecular weight is 536 g/mol. The molecule has 2 heterocycles. The van der Waals surface area contributed by atoms with Crippen LogP contribution in [0.25, 0.3) is 0 Å². The van der Waals surface area contributed by atoms with E-state index in [1.807, 2.05) is 6.92 Å². The predicted molar refractivity (Wildman–Crippen MR) is 142 cm³/mol. The molecule has 38 heavy (non-hydrogen) atoms. The van der Waals surface area contributed by atoms with Crippen LogP contribution >= 0.6 is 0 Å². The minimum absolute atomic E-state index is 0. The fourth-order valence-corrected chi connectivity index (χ4v) is 5.05. The summed E-state index contributed by atoms with van der Waals surface area (Å²) in [5, 5.41) is 14.0. The highest BCUT2D eigenvalue weighted by Crippen LogP contribution is 2.38. The number of alkyl halides is 3. The second kappa shape index (κ2) is 12.0. The van der Waals surface area contributed by atoms with E-state index in [2.05, 4.69) is 46.3 Å². The molecule has 2 aromatic rings. The monoisotopic (exact) mass is 535 g/mol. The fourth-order valence-electron chi connectivity index (χ4n) is 5.05. The molecule has 1 unspecified atom stereocenters. The van der Waals surface area contributed by atoms with E-state index in [1.165, 1.54) is 17.3 Å². The van der Waals surface area contributed by atoms with Crippen LogP contribution < -0.4 is 10.2 Å². The number of anilines is 2. The van der Waals surface area contributed by atoms with Crippen molar-refractivity contribution in [1.29, 1.82) is 0 Å². The summed E-state index contributed by atoms with van der Waals surface area (Å²) in [6.45, 7) is 9.08. The van der Waals surface area contributed by atoms with E-state index >= 15 is 0 Å². The van der Waals surface area contributed by atoms with Gasteiger partial charge in [0.15, 0.2) is 0 Å². The highest BCUT2D eigenvalue weighted by Gasteiger charge is 2.39. The molecule has 11 heteroatoms. The standard InChI is InChI=1S/C26H32F3N5O3.CH4/c1-18-3-6-22(7-4-18)32-13-11-31(12-14-32)16-19(2)25(35)33-10-9-21(17-33)30-20-5-8-24(34(36)37)23(15-20)26(27,28)29;/h3-8,15,19,21,30H,9-14,16-17H2,1-2H3;1H4/t19?,21-;/m1./s1. The summed E-state index contributed by atoms with van der Waals surface area (Å²) in [5.74, 6) is -0.161. The van der Waals surface area contributed by atoms with Gasteiger partial charge in [-0.3, -0.25) is 19.8 Å². The number of aryl methyl sites for hydroxylation is 1. The van der Waals surface area contributed by atoms with E-state index in [0.717, 1.165) is 38.3 Å². The first-order valence-electron chi connectivity index (χ1n) is 12.5. The van der Waals surface area contributed by atoms with Crippen molar-refractivity contribution in [1.82, 2.24) is 9.80 Å². The smallest absolute Gasteiger partial charge is 0.380 e. The van der Waals surface area contributed by atoms with E-state index in [-0.39, 0.29) is 31.0 Å². The number of benzene rings is 2. The number of hydrogen-bond acceptors (Lipinski definition) is 6. The molecule has 208 valence electrons. The summed E-state index contributed by atoms with van der Waals surface area (Å²) in [5.41, 5.74) is 0.323. The Morgan fingerprint density at radius 3 is 2.37 bits per heavy atom. The first kappa shape index (κ1) is 29.2. The molecule has 0 aliphatic carbocycles. The Hall–Kier alpha value is -3.34. The van der Waals surface area contributed by atoms with Crippen LogP contribution in [0.1, 0.15) is 31.9 Å². The number of amides is 1. The maximum atomic E-state index is 13.3. The Kier molecular flexibility index (Phi) is 9.24. The van der Waals surface area contributed by atoms with Gasteiger partial charge in [0.25, 0.3) is 5.69 Å². The molecule has 2 fully saturated rings. The van der Waals surface area contributed by atoms with E-state index in [1.54, 1.807) is 4.90 Å². The van der Waals surface area contributed by atoms with Gasteiger partial charge in [-0.05, 0) is 37.6 Å². The van der Waals surface area contributed by atoms with Crippen LogP contribution in [-0.2, 0) is 11.0 Å². The fraction of sp³-hybridized carbons (Fsp3) is 0.519. The summed E-state index contributed by atoms with van der Waals surface area (Å²) < 4.78 is 39.8. The molecule has 0 radical (unpaired) electrons. The quantitative estimate of drug-likeness (QED) is 0.396. The number of nitrogens with one attached hydrogen (secondary N) is 1. The predicted octanol–water partition coefficient (Wildman–Crippen LogP) is 5.03. The lowest BCUT2D eigenvalue weighted by atomic mass is 10.1. The van der Waals surface area contributed by atoms with Crippen molar-refractivity contribution < 1.29 is 22.9 Å². The van der Waals surface area contributed by atoms with Gasteiger partial charge < -0.3 is 15.1 Å². The third-order valence-corrected chi connectivity index (χ3v) is 7.09. The van der Waals surface area contributed by atoms with Gasteiger partial charge in [0.2, 0.25) is 5.91 Å². The van der Waals surface area contributed by atoms with Gasteiger partial charge in [-0.15, -0.1) is 0 Å². The van der Waals surface area contributed by atoms with Gasteiger partial charge in [0, 0.05) is 75.2 Å². The van der Waals surface area contributed by atoms with Crippen molar-refractivity contribution in [2.75, 3.05) is 56.0 Å². The van der Waals surface area contributed by atoms with Crippen LogP contribution in [0, 0.1) is 23.0 Å². The minimum Gasteiger partial charge on any atom is -0.380 e. The van der Waals surface area contributed by atoms with Crippen LogP contribution in [0.4, 0.5) is 30.2 Å². The summed E-state index contributed by atoms with van der Waals surface area (Å²) in [6, 6.07) is 11.2. The highest BCUT2D eigenvalue weighted by atomic mass is 19.4. The van der Waals surface area contributed by atoms with Crippen molar-refractivity contribution in [2.45, 2.75) is 39.9 Å². The molecule has 8 nitrogen and oxygen atoms in total. The van der Waals surface area contributed by atoms with Gasteiger partial charge in [-0.2, -0.15) is 13.2 Å². The van der Waals surface area contributed by atoms with Crippen molar-refractivity contribution in [2.24, 2.45) is 5.92 Å². The molecule has 1 N–H and O–H groups in total. The SMILES string of the molecule is C.Cc1ccc(N2CCN(CC(C)C(=O)N3CC[C@@H](Nc4ccc([N+](=O)[O-])c(C(F)(F)F)c4)C3)CC2)cc1. The number of likely N-dealkylation sites (tertiary alicyclic amines) is 1. The lowest BCUT2D eigenvalue weighted by Crippen LogP contribution is -2.49. The van der Waals surface area contributed by atoms with Crippen LogP contribution in [-0.4, -0.2) is 72.5 Å². The van der Waals surface area contributed by atoms with Gasteiger partial charge in [-0.25, -0.2) is 0 Å². The molecule has 2 saturated heterocycles. The number of piperazine rings is 1. The summed E-state index contributed by atoms with van der Waals surface area (Å²) in [4.78, 5) is 29.4. The second-order valence-corrected chi connectivity index (χ2v) is 9.93. The van der Waals surface area contributed by atoms with Crippen molar-refractivity contribution >= 4 is 23.0 Å². The molecule has 4 rings (SSSR count). The molecule has 0 aromatic heterocycles. The molecule has 0 saturated carbocycles. The first-order chi connectivity index (χ1) is 17.5. The van der Waals surface area contributed by atoms with Crippen molar-refractivity contribution in [3.05, 3.63) is 63.7 Å². The van der Waals surface area contributed by atoms with E-state index in [0.29, 0.717) is 26.1 Å². The molecule has 2 aromatic carbocycles. The zero-order valence-corrected chi connectivity index (χ0v) is 21.0. The lowest BCUT2D eigenvalue weighted by molar-refractivity contribution is -0.388. The normalized spacial score (nSPS) is 19.1. The summed E-state index contributed by atoms with van der Waals surface area (Å²) in [6.07, 6.45) is -4.25. The maximum absolute atomic E-state index is 13.3. The Morgan fingerprint density at radius 2 is 1.76 bits per heavy atom. The average Bonchev–Trinajstić information content (AvgIpc) is 3.32. The number of nitrogens with zero attached hydrogens (tertiary/aromatic N) is 4. The van der Waals surface area contributed by atoms with Crippen LogP contribution in [0.3, 0.4) is 0 Å². The number of carbonyl (C=O) groups is 1. The zero-order chi connectivity index (χ0) is 26.7. The molecule has 2 atom stereocenters. The lowest BCUT2D eigenvalue weighted by Gasteiger charge is -2.37. The van der Waals surface area contributed by atoms with Crippen LogP contribution in [0.15, 0.2) is 42.5 Å². The number of rotatable bonds is 7. The number of carbonyl (C=O) groups excluding carboxylic acids is 1. The highest BCUT2D eigenvalue weighted by molar-refractivity contribution is 5.79. The van der Waals surface area contributed by atoms with Gasteiger partial charge in [0.05, 0.1) is 4.92 Å². The van der Waals surface area contributed by atoms with Crippen LogP contribution in [0.2, 0.25) is 0 Å². The summed E-state index contributed by atoms with van der Waals surface area (Å²) in [7, 11) is 0. The van der Waals surface area contributed by atoms with Crippen molar-refractivity contribution in [3.63, 3.8) is 0 Å². The maximum Gasteiger partial charge on any atom is 0.423 e. The van der Waals surface area contributed by atoms with Crippen molar-refractivity contribution in [3.8, 4) is 0 Å². The Morgan fingerprint density at radius 1 is 1.11 bits per heavy atom. The van der Waals surface area contributed by atoms with E-state index in [4.69, 9.17) is 0 Å². The van der Waals surface area contributed by atoms with E-state index < -0.39 is 22.4 Å². The Labute approximate surface area is 221 Å². The first-order valence-corrected chi connectivity index (χ1v) is 12.5. The largest absolute Gasteiger partial charge is 0.423 e. The van der Waals surface area contributed by atoms with E-state index in [9.17, 15) is 28.1 Å². The minimum atomic E-state index is -4.83. The molecular weight excluding hydrogens is 499 g/mol. The molecule has 2 aliphatic rings. The van der Waals surface area contributed by atoms with Gasteiger partial charge >= 0.3 is 6.18 Å². The van der Waals surface area contributed by atoms with Crippen LogP contribution in [0.5, 0.6) is 0 Å². The second-order valence-electron chi connectivity index (χ2n) is 9.93. The molecule has 0 bridgehead atoms. The zero-order valence-electron chi connectivity index (χ0n) is 21.0. The molecule has 2 aliphatic heterocycles. The Balaban J connectivity index is 0.00000400. The third-order valence-electron chi connectivity index (χ3n) is 7.09. The number of nitro groups is 1. The number of nitro benzene ring substituents is 1. The van der Waals surface area contributed by atoms with Gasteiger partial charge in [0.1, 0.15) is 5.56 Å². The Bertz CT molecular complexity index is 1120. The van der Waals surface area contributed by atoms with Gasteiger partial charge in [-0.1, -0.05) is 32.0 Å². The summed E-state index contributed by atoms with van der Waals surface area (Å²) >= 11 is 0. The molecule has 1 amide bonds. The number of halogens is 3. The third kappa shape index (κ3) is 6.94. The topological polar surface area (TPSA) is 82.0 Å².